The van der Waals surface area contributed by atoms with E-state index in [1.165, 1.54) is 0 Å². The van der Waals surface area contributed by atoms with Crippen LogP contribution >= 0.6 is 0 Å². The van der Waals surface area contributed by atoms with Crippen molar-refractivity contribution in [1.82, 2.24) is 0 Å². The summed E-state index contributed by atoms with van der Waals surface area (Å²) in [6.07, 6.45) is 8.62. The summed E-state index contributed by atoms with van der Waals surface area (Å²) in [6.45, 7) is 0. The molecule has 0 saturated heterocycles. The summed E-state index contributed by atoms with van der Waals surface area (Å²) in [5.41, 5.74) is -1.54. The van der Waals surface area contributed by atoms with Gasteiger partial charge in [-0.1, -0.05) is 25.7 Å². The molecule has 0 aromatic carbocycles. The van der Waals surface area contributed by atoms with Gasteiger partial charge in [0, 0.05) is 11.8 Å². The minimum Gasteiger partial charge on any atom is -0.393 e. The molecule has 0 radical (unpaired) electrons. The van der Waals surface area contributed by atoms with E-state index < -0.39 is 17.3 Å². The lowest BCUT2D eigenvalue weighted by atomic mass is 9.60. The molecular formula is C15H26O3. The molecule has 0 unspecified atom stereocenters. The van der Waals surface area contributed by atoms with Gasteiger partial charge in [0.1, 0.15) is 0 Å². The van der Waals surface area contributed by atoms with Gasteiger partial charge in [0.2, 0.25) is 0 Å². The lowest BCUT2D eigenvalue weighted by Crippen LogP contribution is -2.57. The molecule has 18 heavy (non-hydrogen) atoms. The minimum atomic E-state index is -0.816. The maximum atomic E-state index is 11.2. The minimum absolute atomic E-state index is 0.0108. The van der Waals surface area contributed by atoms with Crippen molar-refractivity contribution in [2.24, 2.45) is 11.8 Å². The molecule has 3 fully saturated rings. The molecule has 3 heteroatoms. The Kier molecular flexibility index (Phi) is 3.20. The first kappa shape index (κ1) is 12.9. The Morgan fingerprint density at radius 2 is 1.50 bits per heavy atom. The molecule has 0 bridgehead atoms. The quantitative estimate of drug-likeness (QED) is 0.619. The zero-order valence-corrected chi connectivity index (χ0v) is 11.1. The van der Waals surface area contributed by atoms with E-state index in [1.54, 1.807) is 0 Å². The third-order valence-corrected chi connectivity index (χ3v) is 5.93. The first-order valence-electron chi connectivity index (χ1n) is 7.69. The monoisotopic (exact) mass is 254 g/mol. The van der Waals surface area contributed by atoms with Crippen molar-refractivity contribution in [3.63, 3.8) is 0 Å². The van der Waals surface area contributed by atoms with Crippen molar-refractivity contribution in [2.75, 3.05) is 0 Å². The van der Waals surface area contributed by atoms with Gasteiger partial charge >= 0.3 is 0 Å². The van der Waals surface area contributed by atoms with E-state index in [4.69, 9.17) is 0 Å². The van der Waals surface area contributed by atoms with Crippen LogP contribution in [0.3, 0.4) is 0 Å². The van der Waals surface area contributed by atoms with Gasteiger partial charge in [0.25, 0.3) is 0 Å². The smallest absolute Gasteiger partial charge is 0.0755 e. The second kappa shape index (κ2) is 4.46. The summed E-state index contributed by atoms with van der Waals surface area (Å²) in [6, 6.07) is 0. The van der Waals surface area contributed by atoms with Crippen LogP contribution in [0.5, 0.6) is 0 Å². The second-order valence-corrected chi connectivity index (χ2v) is 6.85. The molecule has 3 N–H and O–H groups in total. The molecule has 3 aliphatic carbocycles. The summed E-state index contributed by atoms with van der Waals surface area (Å²) in [5, 5.41) is 32.4. The van der Waals surface area contributed by atoms with E-state index in [9.17, 15) is 15.3 Å². The third kappa shape index (κ3) is 1.83. The Balaban J connectivity index is 1.98. The molecule has 0 amide bonds. The van der Waals surface area contributed by atoms with E-state index in [-0.39, 0.29) is 11.8 Å². The first-order chi connectivity index (χ1) is 8.56. The SMILES string of the molecule is O[C@@H]1CC[C@]2(O)CCCC[C@H]2[C@]2(O)CCCC[C@@H]12. The molecule has 104 valence electrons. The second-order valence-electron chi connectivity index (χ2n) is 6.85. The van der Waals surface area contributed by atoms with E-state index in [2.05, 4.69) is 0 Å². The highest BCUT2D eigenvalue weighted by Gasteiger charge is 2.57. The summed E-state index contributed by atoms with van der Waals surface area (Å²) in [5.74, 6) is -0.0235. The number of rotatable bonds is 0. The zero-order chi connectivity index (χ0) is 12.8. The molecule has 5 atom stereocenters. The number of fused-ring (bicyclic) bond motifs is 3. The summed E-state index contributed by atoms with van der Waals surface area (Å²) in [4.78, 5) is 0. The van der Waals surface area contributed by atoms with Crippen LogP contribution in [-0.2, 0) is 0 Å². The van der Waals surface area contributed by atoms with Crippen molar-refractivity contribution in [3.8, 4) is 0 Å². The Labute approximate surface area is 109 Å². The van der Waals surface area contributed by atoms with E-state index in [1.807, 2.05) is 0 Å². The molecule has 0 aliphatic heterocycles. The van der Waals surface area contributed by atoms with Crippen molar-refractivity contribution in [3.05, 3.63) is 0 Å². The lowest BCUT2D eigenvalue weighted by Gasteiger charge is -2.51. The van der Waals surface area contributed by atoms with Crippen LogP contribution in [0.15, 0.2) is 0 Å². The molecule has 0 heterocycles. The highest BCUT2D eigenvalue weighted by Crippen LogP contribution is 2.53. The number of hydrogen-bond acceptors (Lipinski definition) is 3. The predicted molar refractivity (Wildman–Crippen MR) is 69.1 cm³/mol. The van der Waals surface area contributed by atoms with Gasteiger partial charge in [0.05, 0.1) is 17.3 Å². The molecule has 0 aromatic heterocycles. The van der Waals surface area contributed by atoms with E-state index in [0.717, 1.165) is 51.4 Å². The molecule has 3 saturated carbocycles. The van der Waals surface area contributed by atoms with E-state index >= 15 is 0 Å². The molecule has 0 aromatic rings. The molecule has 3 aliphatic rings. The van der Waals surface area contributed by atoms with Gasteiger partial charge in [-0.05, 0) is 38.5 Å². The van der Waals surface area contributed by atoms with Crippen LogP contribution < -0.4 is 0 Å². The summed E-state index contributed by atoms with van der Waals surface area (Å²) >= 11 is 0. The first-order valence-corrected chi connectivity index (χ1v) is 7.69. The molecule has 3 nitrogen and oxygen atoms in total. The van der Waals surface area contributed by atoms with Crippen LogP contribution in [0.2, 0.25) is 0 Å². The van der Waals surface area contributed by atoms with Crippen LogP contribution in [0.25, 0.3) is 0 Å². The van der Waals surface area contributed by atoms with Crippen LogP contribution in [0.4, 0.5) is 0 Å². The average Bonchev–Trinajstić information content (AvgIpc) is 2.44. The van der Waals surface area contributed by atoms with Gasteiger partial charge in [-0.15, -0.1) is 0 Å². The van der Waals surface area contributed by atoms with Gasteiger partial charge in [0.15, 0.2) is 0 Å². The third-order valence-electron chi connectivity index (χ3n) is 5.93. The van der Waals surface area contributed by atoms with Crippen molar-refractivity contribution < 1.29 is 15.3 Å². The normalized spacial score (nSPS) is 53.2. The summed E-state index contributed by atoms with van der Waals surface area (Å²) in [7, 11) is 0. The standard InChI is InChI=1S/C15H26O3/c16-12-7-10-14(17)8-3-2-6-13(14)15(18)9-4-1-5-11(12)15/h11-13,16-18H,1-10H2/t11-,12+,13+,14+,15-/m0/s1. The van der Waals surface area contributed by atoms with Crippen LogP contribution in [0, 0.1) is 11.8 Å². The molecule has 3 rings (SSSR count). The molecule has 0 spiro atoms. The van der Waals surface area contributed by atoms with Gasteiger partial charge in [-0.3, -0.25) is 0 Å². The van der Waals surface area contributed by atoms with Crippen molar-refractivity contribution in [1.29, 1.82) is 0 Å². The highest BCUT2D eigenvalue weighted by molar-refractivity contribution is 5.08. The van der Waals surface area contributed by atoms with Crippen molar-refractivity contribution >= 4 is 0 Å². The number of hydrogen-bond donors (Lipinski definition) is 3. The Morgan fingerprint density at radius 1 is 0.778 bits per heavy atom. The maximum Gasteiger partial charge on any atom is 0.0755 e. The Morgan fingerprint density at radius 3 is 2.33 bits per heavy atom. The maximum absolute atomic E-state index is 11.2. The van der Waals surface area contributed by atoms with Crippen molar-refractivity contribution in [2.45, 2.75) is 81.5 Å². The molecular weight excluding hydrogens is 228 g/mol. The van der Waals surface area contributed by atoms with Crippen LogP contribution in [0.1, 0.15) is 64.2 Å². The van der Waals surface area contributed by atoms with Gasteiger partial charge < -0.3 is 15.3 Å². The van der Waals surface area contributed by atoms with Crippen LogP contribution in [-0.4, -0.2) is 32.6 Å². The Bertz CT molecular complexity index is 319. The van der Waals surface area contributed by atoms with E-state index in [0.29, 0.717) is 12.8 Å². The fourth-order valence-corrected chi connectivity index (χ4v) is 5.00. The Hall–Kier alpha value is -0.120. The summed E-state index contributed by atoms with van der Waals surface area (Å²) < 4.78 is 0. The fourth-order valence-electron chi connectivity index (χ4n) is 5.00. The fraction of sp³-hybridized carbons (Fsp3) is 1.00. The predicted octanol–water partition coefficient (Wildman–Crippen LogP) is 1.98. The topological polar surface area (TPSA) is 60.7 Å². The van der Waals surface area contributed by atoms with Gasteiger partial charge in [-0.2, -0.15) is 0 Å². The largest absolute Gasteiger partial charge is 0.393 e. The lowest BCUT2D eigenvalue weighted by molar-refractivity contribution is -0.182. The highest BCUT2D eigenvalue weighted by atomic mass is 16.3. The number of aliphatic hydroxyl groups excluding tert-OH is 1. The number of aliphatic hydroxyl groups is 3. The van der Waals surface area contributed by atoms with Gasteiger partial charge in [-0.25, -0.2) is 0 Å². The zero-order valence-electron chi connectivity index (χ0n) is 11.1. The average molecular weight is 254 g/mol.